The molecule has 65 heavy (non-hydrogen) atoms. The molecule has 14 rings (SSSR count). The molecule has 0 saturated heterocycles. The predicted octanol–water partition coefficient (Wildman–Crippen LogP) is 17.8. The van der Waals surface area contributed by atoms with Gasteiger partial charge in [-0.1, -0.05) is 109 Å². The molecule has 0 spiro atoms. The molecule has 5 heteroatoms. The summed E-state index contributed by atoms with van der Waals surface area (Å²) in [6, 6.07) is 78.8. The van der Waals surface area contributed by atoms with E-state index in [9.17, 15) is 0 Å². The molecule has 14 aromatic rings. The van der Waals surface area contributed by atoms with E-state index in [-0.39, 0.29) is 0 Å². The second-order valence-electron chi connectivity index (χ2n) is 16.9. The zero-order chi connectivity index (χ0) is 42.6. The third-order valence-corrected chi connectivity index (χ3v) is 14.3. The smallest absolute Gasteiger partial charge is 0.137 e. The van der Waals surface area contributed by atoms with E-state index in [1.807, 2.05) is 35.6 Å². The highest BCUT2D eigenvalue weighted by Crippen LogP contribution is 2.45. The first kappa shape index (κ1) is 36.1. The second-order valence-corrected chi connectivity index (χ2v) is 18.0. The second kappa shape index (κ2) is 14.1. The first-order chi connectivity index (χ1) is 32.2. The molecular weight excluding hydrogens is 813 g/mol. The average molecular weight is 849 g/mol. The van der Waals surface area contributed by atoms with Crippen LogP contribution in [0.2, 0.25) is 0 Å². The van der Waals surface area contributed by atoms with Gasteiger partial charge in [-0.3, -0.25) is 0 Å². The van der Waals surface area contributed by atoms with Crippen LogP contribution in [0, 0.1) is 0 Å². The third-order valence-electron chi connectivity index (χ3n) is 13.1. The van der Waals surface area contributed by atoms with Crippen LogP contribution in [0.5, 0.6) is 0 Å². The summed E-state index contributed by atoms with van der Waals surface area (Å²) in [6.07, 6.45) is 0. The molecule has 4 aromatic heterocycles. The summed E-state index contributed by atoms with van der Waals surface area (Å²) >= 11 is 1.84. The highest BCUT2D eigenvalue weighted by Gasteiger charge is 2.21. The first-order valence-corrected chi connectivity index (χ1v) is 22.8. The van der Waals surface area contributed by atoms with E-state index in [4.69, 9.17) is 8.83 Å². The Kier molecular flexibility index (Phi) is 7.82. The number of furan rings is 2. The van der Waals surface area contributed by atoms with E-state index >= 15 is 0 Å². The van der Waals surface area contributed by atoms with Crippen LogP contribution in [-0.2, 0) is 0 Å². The summed E-state index contributed by atoms with van der Waals surface area (Å²) < 4.78 is 17.8. The van der Waals surface area contributed by atoms with Gasteiger partial charge in [0.2, 0.25) is 0 Å². The number of aromatic nitrogens is 1. The lowest BCUT2D eigenvalue weighted by atomic mass is 9.95. The minimum absolute atomic E-state index is 0.852. The molecule has 10 aromatic carbocycles. The zero-order valence-corrected chi connectivity index (χ0v) is 35.7. The Morgan fingerprint density at radius 2 is 0.862 bits per heavy atom. The number of anilines is 3. The fourth-order valence-corrected chi connectivity index (χ4v) is 11.3. The van der Waals surface area contributed by atoms with Gasteiger partial charge >= 0.3 is 0 Å². The Labute approximate surface area is 377 Å². The molecule has 0 aliphatic carbocycles. The summed E-state index contributed by atoms with van der Waals surface area (Å²) in [7, 11) is 0. The van der Waals surface area contributed by atoms with Crippen molar-refractivity contribution in [3.05, 3.63) is 218 Å². The number of para-hydroxylation sites is 4. The zero-order valence-electron chi connectivity index (χ0n) is 34.9. The topological polar surface area (TPSA) is 34.5 Å². The monoisotopic (exact) mass is 848 g/mol. The van der Waals surface area contributed by atoms with Crippen molar-refractivity contribution in [1.82, 2.24) is 4.57 Å². The Bertz CT molecular complexity index is 4090. The van der Waals surface area contributed by atoms with Crippen LogP contribution in [0.25, 0.3) is 114 Å². The van der Waals surface area contributed by atoms with Crippen molar-refractivity contribution in [2.24, 2.45) is 0 Å². The van der Waals surface area contributed by atoms with Gasteiger partial charge in [0, 0.05) is 81.3 Å². The molecular formula is C60H36N2O2S. The fourth-order valence-electron chi connectivity index (χ4n) is 10.1. The van der Waals surface area contributed by atoms with Crippen molar-refractivity contribution in [3.63, 3.8) is 0 Å². The molecule has 0 aliphatic heterocycles. The number of hydrogen-bond donors (Lipinski definition) is 0. The van der Waals surface area contributed by atoms with Crippen LogP contribution >= 0.6 is 11.3 Å². The van der Waals surface area contributed by atoms with Gasteiger partial charge in [-0.2, -0.15) is 0 Å². The summed E-state index contributed by atoms with van der Waals surface area (Å²) in [4.78, 5) is 2.40. The van der Waals surface area contributed by atoms with Crippen LogP contribution in [0.15, 0.2) is 227 Å². The first-order valence-electron chi connectivity index (χ1n) is 22.0. The van der Waals surface area contributed by atoms with Gasteiger partial charge < -0.3 is 18.3 Å². The molecule has 304 valence electrons. The third kappa shape index (κ3) is 5.69. The summed E-state index contributed by atoms with van der Waals surface area (Å²) in [5.41, 5.74) is 14.6. The van der Waals surface area contributed by atoms with Gasteiger partial charge in [-0.15, -0.1) is 11.3 Å². The van der Waals surface area contributed by atoms with Crippen molar-refractivity contribution >= 4 is 114 Å². The molecule has 0 bridgehead atoms. The van der Waals surface area contributed by atoms with Crippen LogP contribution in [0.4, 0.5) is 17.1 Å². The predicted molar refractivity (Wildman–Crippen MR) is 274 cm³/mol. The van der Waals surface area contributed by atoms with Crippen LogP contribution in [-0.4, -0.2) is 4.57 Å². The summed E-state index contributed by atoms with van der Waals surface area (Å²) in [5, 5.41) is 9.40. The molecule has 0 atom stereocenters. The lowest BCUT2D eigenvalue weighted by molar-refractivity contribution is 0.668. The standard InChI is InChI=1S/C60H36N2O2S/c1-2-12-41(13-3-1)62-53-18-8-4-14-45(53)51-33-37(22-28-54(51)62)39-30-40(38-23-29-57-52(34-38)47-16-6-10-20-56(47)63-57)32-44(31-39)61(42-24-26-48-46-15-5-9-19-55(46)64-58(48)35-42)43-25-27-50-49-17-7-11-21-59(49)65-60(50)36-43/h1-36H. The van der Waals surface area contributed by atoms with Crippen molar-refractivity contribution < 1.29 is 8.83 Å². The number of benzene rings is 10. The average Bonchev–Trinajstić information content (AvgIpc) is 4.12. The molecule has 0 aliphatic rings. The number of rotatable bonds is 6. The Morgan fingerprint density at radius 3 is 1.66 bits per heavy atom. The number of nitrogens with zero attached hydrogens (tertiary/aromatic N) is 2. The molecule has 0 radical (unpaired) electrons. The van der Waals surface area contributed by atoms with Crippen LogP contribution in [0.1, 0.15) is 0 Å². The fraction of sp³-hybridized carbons (Fsp3) is 0. The van der Waals surface area contributed by atoms with Crippen molar-refractivity contribution in [2.75, 3.05) is 4.90 Å². The van der Waals surface area contributed by atoms with Gasteiger partial charge in [0.15, 0.2) is 0 Å². The van der Waals surface area contributed by atoms with E-state index in [1.54, 1.807) is 0 Å². The molecule has 0 fully saturated rings. The van der Waals surface area contributed by atoms with Crippen molar-refractivity contribution in [3.8, 4) is 27.9 Å². The molecule has 0 saturated carbocycles. The van der Waals surface area contributed by atoms with Gasteiger partial charge in [-0.25, -0.2) is 0 Å². The minimum Gasteiger partial charge on any atom is -0.456 e. The minimum atomic E-state index is 0.852. The highest BCUT2D eigenvalue weighted by molar-refractivity contribution is 7.25. The van der Waals surface area contributed by atoms with Gasteiger partial charge in [-0.05, 0) is 125 Å². The van der Waals surface area contributed by atoms with E-state index in [0.29, 0.717) is 0 Å². The van der Waals surface area contributed by atoms with Gasteiger partial charge in [0.25, 0.3) is 0 Å². The van der Waals surface area contributed by atoms with Crippen molar-refractivity contribution in [2.45, 2.75) is 0 Å². The summed E-state index contributed by atoms with van der Waals surface area (Å²) in [5.74, 6) is 0. The Morgan fingerprint density at radius 1 is 0.308 bits per heavy atom. The molecule has 0 unspecified atom stereocenters. The highest BCUT2D eigenvalue weighted by atomic mass is 32.1. The van der Waals surface area contributed by atoms with Gasteiger partial charge in [0.1, 0.15) is 22.3 Å². The van der Waals surface area contributed by atoms with Crippen LogP contribution in [0.3, 0.4) is 0 Å². The molecule has 4 nitrogen and oxygen atoms in total. The lowest BCUT2D eigenvalue weighted by Crippen LogP contribution is -2.10. The Hall–Kier alpha value is -8.38. The quantitative estimate of drug-likeness (QED) is 0.167. The number of hydrogen-bond acceptors (Lipinski definition) is 4. The number of thiophene rings is 1. The SMILES string of the molecule is c1ccc(-n2c3ccccc3c3cc(-c4cc(-c5ccc6oc7ccccc7c6c5)cc(N(c5ccc6c(c5)oc5ccccc56)c5ccc6c(c5)sc5ccccc56)c4)ccc32)cc1. The van der Waals surface area contributed by atoms with Crippen molar-refractivity contribution in [1.29, 1.82) is 0 Å². The largest absolute Gasteiger partial charge is 0.456 e. The molecule has 0 amide bonds. The molecule has 0 N–H and O–H groups in total. The molecule has 4 heterocycles. The van der Waals surface area contributed by atoms with Crippen LogP contribution < -0.4 is 4.90 Å². The maximum absolute atomic E-state index is 6.55. The van der Waals surface area contributed by atoms with E-state index in [0.717, 1.165) is 88.9 Å². The van der Waals surface area contributed by atoms with Gasteiger partial charge in [0.05, 0.1) is 11.0 Å². The maximum Gasteiger partial charge on any atom is 0.137 e. The normalized spacial score (nSPS) is 12.0. The van der Waals surface area contributed by atoms with E-state index in [2.05, 4.69) is 204 Å². The number of fused-ring (bicyclic) bond motifs is 12. The van der Waals surface area contributed by atoms with E-state index < -0.39 is 0 Å². The Balaban J connectivity index is 1.03. The van der Waals surface area contributed by atoms with E-state index in [1.165, 1.54) is 42.0 Å². The summed E-state index contributed by atoms with van der Waals surface area (Å²) in [6.45, 7) is 0. The lowest BCUT2D eigenvalue weighted by Gasteiger charge is -2.27. The maximum atomic E-state index is 6.55.